The molecule has 0 saturated heterocycles. The topological polar surface area (TPSA) is 30.5 Å². The van der Waals surface area contributed by atoms with Gasteiger partial charge in [0.2, 0.25) is 6.79 Å². The predicted molar refractivity (Wildman–Crippen MR) is 62.3 cm³/mol. The lowest BCUT2D eigenvalue weighted by Gasteiger charge is -2.06. The Morgan fingerprint density at radius 1 is 1.47 bits per heavy atom. The van der Waals surface area contributed by atoms with E-state index in [-0.39, 0.29) is 0 Å². The summed E-state index contributed by atoms with van der Waals surface area (Å²) in [6.45, 7) is 5.56. The maximum absolute atomic E-state index is 5.39. The smallest absolute Gasteiger partial charge is 0.231 e. The minimum atomic E-state index is 0.317. The number of nitrogens with one attached hydrogen (secondary N) is 1. The van der Waals surface area contributed by atoms with Gasteiger partial charge in [-0.3, -0.25) is 0 Å². The number of halogens is 1. The van der Waals surface area contributed by atoms with Gasteiger partial charge < -0.3 is 14.8 Å². The lowest BCUT2D eigenvalue weighted by molar-refractivity contribution is 0.173. The zero-order valence-electron chi connectivity index (χ0n) is 8.25. The molecular formula is C11H12BrNO2. The second kappa shape index (κ2) is 4.68. The number of ether oxygens (including phenoxy) is 2. The van der Waals surface area contributed by atoms with Crippen LogP contribution in [0.15, 0.2) is 29.3 Å². The SMILES string of the molecule is C=C(Br)CNCc1cccc2c1OCO2. The molecule has 0 spiro atoms. The second-order valence-electron chi connectivity index (χ2n) is 3.27. The Kier molecular flexibility index (Phi) is 3.28. The Morgan fingerprint density at radius 3 is 3.13 bits per heavy atom. The highest BCUT2D eigenvalue weighted by atomic mass is 79.9. The van der Waals surface area contributed by atoms with Crippen molar-refractivity contribution in [2.24, 2.45) is 0 Å². The Morgan fingerprint density at radius 2 is 2.33 bits per heavy atom. The van der Waals surface area contributed by atoms with Crippen molar-refractivity contribution in [3.05, 3.63) is 34.8 Å². The van der Waals surface area contributed by atoms with E-state index in [1.807, 2.05) is 18.2 Å². The van der Waals surface area contributed by atoms with Crippen LogP contribution in [0.3, 0.4) is 0 Å². The lowest BCUT2D eigenvalue weighted by atomic mass is 10.2. The first-order valence-electron chi connectivity index (χ1n) is 4.69. The molecule has 80 valence electrons. The molecule has 1 aliphatic heterocycles. The number of hydrogen-bond acceptors (Lipinski definition) is 3. The summed E-state index contributed by atoms with van der Waals surface area (Å²) in [4.78, 5) is 0. The molecule has 0 saturated carbocycles. The number of benzene rings is 1. The van der Waals surface area contributed by atoms with Crippen LogP contribution in [0.1, 0.15) is 5.56 Å². The largest absolute Gasteiger partial charge is 0.454 e. The van der Waals surface area contributed by atoms with Crippen LogP contribution in [0.2, 0.25) is 0 Å². The normalized spacial score (nSPS) is 12.9. The molecule has 3 nitrogen and oxygen atoms in total. The maximum atomic E-state index is 5.39. The molecule has 1 aliphatic rings. The van der Waals surface area contributed by atoms with E-state index < -0.39 is 0 Å². The van der Waals surface area contributed by atoms with Gasteiger partial charge in [0, 0.05) is 23.1 Å². The Bertz CT molecular complexity index is 379. The molecule has 1 N–H and O–H groups in total. The van der Waals surface area contributed by atoms with Crippen LogP contribution in [-0.4, -0.2) is 13.3 Å². The highest BCUT2D eigenvalue weighted by Gasteiger charge is 2.16. The molecule has 0 radical (unpaired) electrons. The summed E-state index contributed by atoms with van der Waals surface area (Å²) in [7, 11) is 0. The molecule has 1 heterocycles. The third-order valence-corrected chi connectivity index (χ3v) is 2.39. The van der Waals surface area contributed by atoms with Crippen molar-refractivity contribution in [3.63, 3.8) is 0 Å². The van der Waals surface area contributed by atoms with E-state index in [4.69, 9.17) is 9.47 Å². The Balaban J connectivity index is 2.02. The van der Waals surface area contributed by atoms with Crippen molar-refractivity contribution in [3.8, 4) is 11.5 Å². The summed E-state index contributed by atoms with van der Waals surface area (Å²) in [5.74, 6) is 1.68. The molecule has 1 aromatic carbocycles. The van der Waals surface area contributed by atoms with Gasteiger partial charge in [-0.15, -0.1) is 0 Å². The van der Waals surface area contributed by atoms with Gasteiger partial charge in [-0.05, 0) is 6.07 Å². The molecule has 0 unspecified atom stereocenters. The molecule has 4 heteroatoms. The summed E-state index contributed by atoms with van der Waals surface area (Å²) in [6.07, 6.45) is 0. The summed E-state index contributed by atoms with van der Waals surface area (Å²) in [5.41, 5.74) is 1.11. The summed E-state index contributed by atoms with van der Waals surface area (Å²) < 4.78 is 11.6. The first-order chi connectivity index (χ1) is 7.27. The molecule has 15 heavy (non-hydrogen) atoms. The van der Waals surface area contributed by atoms with Gasteiger partial charge in [-0.1, -0.05) is 34.6 Å². The van der Waals surface area contributed by atoms with E-state index in [1.54, 1.807) is 0 Å². The van der Waals surface area contributed by atoms with Gasteiger partial charge in [-0.25, -0.2) is 0 Å². The summed E-state index contributed by atoms with van der Waals surface area (Å²) in [5, 5.41) is 3.25. The van der Waals surface area contributed by atoms with E-state index in [0.29, 0.717) is 6.79 Å². The fraction of sp³-hybridized carbons (Fsp3) is 0.273. The third kappa shape index (κ3) is 2.52. The molecular weight excluding hydrogens is 258 g/mol. The average Bonchev–Trinajstić information content (AvgIpc) is 2.65. The molecule has 1 aromatic rings. The van der Waals surface area contributed by atoms with Crippen molar-refractivity contribution in [1.82, 2.24) is 5.32 Å². The standard InChI is InChI=1S/C11H12BrNO2/c1-8(12)5-13-6-9-3-2-4-10-11(9)15-7-14-10/h2-4,13H,1,5-7H2. The molecule has 2 rings (SSSR count). The van der Waals surface area contributed by atoms with Crippen LogP contribution in [0, 0.1) is 0 Å². The van der Waals surface area contributed by atoms with Crippen LogP contribution < -0.4 is 14.8 Å². The van der Waals surface area contributed by atoms with Gasteiger partial charge in [0.05, 0.1) is 0 Å². The van der Waals surface area contributed by atoms with E-state index in [1.165, 1.54) is 0 Å². The van der Waals surface area contributed by atoms with Crippen molar-refractivity contribution in [2.45, 2.75) is 6.54 Å². The van der Waals surface area contributed by atoms with Gasteiger partial charge in [-0.2, -0.15) is 0 Å². The predicted octanol–water partition coefficient (Wildman–Crippen LogP) is 2.41. The molecule has 0 aliphatic carbocycles. The van der Waals surface area contributed by atoms with Crippen LogP contribution in [0.4, 0.5) is 0 Å². The second-order valence-corrected chi connectivity index (χ2v) is 4.39. The number of fused-ring (bicyclic) bond motifs is 1. The number of rotatable bonds is 4. The van der Waals surface area contributed by atoms with Crippen molar-refractivity contribution in [2.75, 3.05) is 13.3 Å². The Labute approximate surface area is 97.2 Å². The van der Waals surface area contributed by atoms with Gasteiger partial charge in [0.15, 0.2) is 11.5 Å². The van der Waals surface area contributed by atoms with E-state index >= 15 is 0 Å². The molecule has 0 bridgehead atoms. The van der Waals surface area contributed by atoms with Gasteiger partial charge in [0.1, 0.15) is 0 Å². The number of hydrogen-bond donors (Lipinski definition) is 1. The highest BCUT2D eigenvalue weighted by molar-refractivity contribution is 9.11. The molecule has 0 aromatic heterocycles. The molecule has 0 amide bonds. The van der Waals surface area contributed by atoms with E-state index in [2.05, 4.69) is 27.8 Å². The Hall–Kier alpha value is -1.00. The molecule has 0 fully saturated rings. The quantitative estimate of drug-likeness (QED) is 0.911. The van der Waals surface area contributed by atoms with Crippen molar-refractivity contribution >= 4 is 15.9 Å². The minimum absolute atomic E-state index is 0.317. The monoisotopic (exact) mass is 269 g/mol. The van der Waals surface area contributed by atoms with Crippen LogP contribution in [0.5, 0.6) is 11.5 Å². The summed E-state index contributed by atoms with van der Waals surface area (Å²) in [6, 6.07) is 5.90. The van der Waals surface area contributed by atoms with Crippen LogP contribution >= 0.6 is 15.9 Å². The zero-order chi connectivity index (χ0) is 10.7. The van der Waals surface area contributed by atoms with Crippen molar-refractivity contribution in [1.29, 1.82) is 0 Å². The van der Waals surface area contributed by atoms with Crippen molar-refractivity contribution < 1.29 is 9.47 Å². The molecule has 0 atom stereocenters. The highest BCUT2D eigenvalue weighted by Crippen LogP contribution is 2.35. The number of para-hydroxylation sites is 1. The van der Waals surface area contributed by atoms with Crippen LogP contribution in [0.25, 0.3) is 0 Å². The van der Waals surface area contributed by atoms with E-state index in [9.17, 15) is 0 Å². The average molecular weight is 270 g/mol. The first kappa shape index (κ1) is 10.5. The lowest BCUT2D eigenvalue weighted by Crippen LogP contribution is -2.14. The third-order valence-electron chi connectivity index (χ3n) is 2.11. The fourth-order valence-electron chi connectivity index (χ4n) is 1.46. The summed E-state index contributed by atoms with van der Waals surface area (Å²) >= 11 is 3.30. The zero-order valence-corrected chi connectivity index (χ0v) is 9.84. The first-order valence-corrected chi connectivity index (χ1v) is 5.48. The maximum Gasteiger partial charge on any atom is 0.231 e. The van der Waals surface area contributed by atoms with E-state index in [0.717, 1.165) is 34.6 Å². The fourth-order valence-corrected chi connectivity index (χ4v) is 1.66. The van der Waals surface area contributed by atoms with Crippen LogP contribution in [-0.2, 0) is 6.54 Å². The minimum Gasteiger partial charge on any atom is -0.454 e. The van der Waals surface area contributed by atoms with Gasteiger partial charge in [0.25, 0.3) is 0 Å². The van der Waals surface area contributed by atoms with Gasteiger partial charge >= 0.3 is 0 Å².